The molecule has 0 bridgehead atoms. The van der Waals surface area contributed by atoms with Gasteiger partial charge in [-0.15, -0.1) is 9.81 Å². The van der Waals surface area contributed by atoms with Gasteiger partial charge in [0.25, 0.3) is 6.17 Å². The molecule has 14 heavy (non-hydrogen) atoms. The number of carbonyl (C=O) groups excluding carboxylic acids is 1. The number of rotatable bonds is 7. The number of carbonyl (C=O) groups is 2. The molecular formula is C6H9N3O5. The Morgan fingerprint density at radius 2 is 1.79 bits per heavy atom. The van der Waals surface area contributed by atoms with E-state index in [0.29, 0.717) is 0 Å². The van der Waals surface area contributed by atoms with Gasteiger partial charge in [0.15, 0.2) is 5.78 Å². The Kier molecular flexibility index (Phi) is 5.15. The van der Waals surface area contributed by atoms with Gasteiger partial charge in [-0.05, 0) is 16.8 Å². The average molecular weight is 203 g/mol. The molecule has 0 aliphatic carbocycles. The number of hydrogen-bond donors (Lipinski definition) is 2. The topological polar surface area (TPSA) is 139 Å². The zero-order valence-corrected chi connectivity index (χ0v) is 7.12. The van der Waals surface area contributed by atoms with Crippen molar-refractivity contribution in [3.63, 3.8) is 0 Å². The van der Waals surface area contributed by atoms with Crippen LogP contribution in [0.25, 0.3) is 0 Å². The molecule has 8 heteroatoms. The van der Waals surface area contributed by atoms with Crippen LogP contribution in [0.15, 0.2) is 10.4 Å². The lowest BCUT2D eigenvalue weighted by molar-refractivity contribution is -0.138. The number of nitrogens with zero attached hydrogens (tertiary/aromatic N) is 2. The minimum absolute atomic E-state index is 0.157. The highest BCUT2D eigenvalue weighted by molar-refractivity contribution is 5.84. The molecule has 0 aliphatic rings. The molecule has 78 valence electrons. The fraction of sp³-hybridized carbons (Fsp3) is 0.667. The van der Waals surface area contributed by atoms with E-state index in [1.165, 1.54) is 0 Å². The SMILES string of the molecule is N[C@@H](CCC(=O)C(N=O)N=O)C(=O)O. The molecule has 0 radical (unpaired) electrons. The minimum Gasteiger partial charge on any atom is -0.480 e. The highest BCUT2D eigenvalue weighted by Crippen LogP contribution is 2.03. The van der Waals surface area contributed by atoms with Crippen LogP contribution in [0.5, 0.6) is 0 Å². The first kappa shape index (κ1) is 12.3. The molecular weight excluding hydrogens is 194 g/mol. The minimum atomic E-state index is -1.80. The number of aliphatic carboxylic acids is 1. The summed E-state index contributed by atoms with van der Waals surface area (Å²) in [5, 5.41) is 12.7. The standard InChI is InChI=1S/C6H9N3O5/c7-3(6(11)12)1-2-4(10)5(8-13)9-14/h3,5H,1-2,7H2,(H,11,12)/t3-/m0/s1. The molecule has 0 heterocycles. The third kappa shape index (κ3) is 3.81. The van der Waals surface area contributed by atoms with E-state index in [1.54, 1.807) is 0 Å². The van der Waals surface area contributed by atoms with Crippen LogP contribution in [0, 0.1) is 9.81 Å². The summed E-state index contributed by atoms with van der Waals surface area (Å²) in [6.07, 6.45) is -2.26. The Hall–Kier alpha value is -1.70. The van der Waals surface area contributed by atoms with Crippen LogP contribution in [0.2, 0.25) is 0 Å². The molecule has 1 atom stereocenters. The summed E-state index contributed by atoms with van der Waals surface area (Å²) in [5.74, 6) is -2.08. The van der Waals surface area contributed by atoms with Crippen molar-refractivity contribution in [2.45, 2.75) is 25.0 Å². The van der Waals surface area contributed by atoms with E-state index in [0.717, 1.165) is 0 Å². The van der Waals surface area contributed by atoms with Crippen molar-refractivity contribution in [3.05, 3.63) is 9.81 Å². The summed E-state index contributed by atoms with van der Waals surface area (Å²) in [6.45, 7) is 0. The first-order valence-corrected chi connectivity index (χ1v) is 3.69. The van der Waals surface area contributed by atoms with E-state index < -0.39 is 24.0 Å². The lowest BCUT2D eigenvalue weighted by Gasteiger charge is -2.04. The lowest BCUT2D eigenvalue weighted by atomic mass is 10.1. The van der Waals surface area contributed by atoms with Crippen LogP contribution in [0.4, 0.5) is 0 Å². The predicted molar refractivity (Wildman–Crippen MR) is 45.2 cm³/mol. The second-order valence-electron chi connectivity index (χ2n) is 2.53. The van der Waals surface area contributed by atoms with Crippen LogP contribution >= 0.6 is 0 Å². The third-order valence-electron chi connectivity index (χ3n) is 1.51. The lowest BCUT2D eigenvalue weighted by Crippen LogP contribution is -2.31. The number of carboxylic acid groups (broad SMARTS) is 1. The zero-order chi connectivity index (χ0) is 11.1. The Bertz CT molecular complexity index is 246. The molecule has 0 saturated carbocycles. The smallest absolute Gasteiger partial charge is 0.320 e. The number of nitrogens with two attached hydrogens (primary N) is 1. The summed E-state index contributed by atoms with van der Waals surface area (Å²) in [6, 6.07) is -1.20. The maximum Gasteiger partial charge on any atom is 0.320 e. The summed E-state index contributed by atoms with van der Waals surface area (Å²) in [4.78, 5) is 40.8. The second kappa shape index (κ2) is 5.86. The van der Waals surface area contributed by atoms with E-state index in [2.05, 4.69) is 10.4 Å². The van der Waals surface area contributed by atoms with Crippen molar-refractivity contribution in [1.82, 2.24) is 0 Å². The number of ketones is 1. The van der Waals surface area contributed by atoms with Crippen molar-refractivity contribution in [2.75, 3.05) is 0 Å². The number of hydrogen-bond acceptors (Lipinski definition) is 7. The molecule has 0 saturated heterocycles. The molecule has 0 spiro atoms. The molecule has 0 aromatic heterocycles. The monoisotopic (exact) mass is 203 g/mol. The Morgan fingerprint density at radius 3 is 2.14 bits per heavy atom. The molecule has 3 N–H and O–H groups in total. The van der Waals surface area contributed by atoms with E-state index in [-0.39, 0.29) is 12.8 Å². The van der Waals surface area contributed by atoms with Crippen LogP contribution < -0.4 is 5.73 Å². The number of Topliss-reactive ketones (excluding diaryl/α,β-unsaturated/α-hetero) is 1. The van der Waals surface area contributed by atoms with Crippen molar-refractivity contribution >= 4 is 11.8 Å². The van der Waals surface area contributed by atoms with E-state index >= 15 is 0 Å². The van der Waals surface area contributed by atoms with Gasteiger partial charge in [-0.2, -0.15) is 0 Å². The van der Waals surface area contributed by atoms with Crippen molar-refractivity contribution in [3.8, 4) is 0 Å². The quantitative estimate of drug-likeness (QED) is 0.540. The maximum atomic E-state index is 10.9. The van der Waals surface area contributed by atoms with Gasteiger partial charge in [0.2, 0.25) is 0 Å². The first-order chi connectivity index (χ1) is 6.52. The average Bonchev–Trinajstić information content (AvgIpc) is 2.15. The van der Waals surface area contributed by atoms with Gasteiger partial charge >= 0.3 is 5.97 Å². The molecule has 0 fully saturated rings. The van der Waals surface area contributed by atoms with E-state index in [1.807, 2.05) is 0 Å². The highest BCUT2D eigenvalue weighted by Gasteiger charge is 2.21. The van der Waals surface area contributed by atoms with Gasteiger partial charge in [0.05, 0.1) is 0 Å². The molecule has 8 nitrogen and oxygen atoms in total. The number of carboxylic acids is 1. The molecule has 0 rings (SSSR count). The normalized spacial score (nSPS) is 12.1. The van der Waals surface area contributed by atoms with Crippen LogP contribution in [0.3, 0.4) is 0 Å². The zero-order valence-electron chi connectivity index (χ0n) is 7.12. The van der Waals surface area contributed by atoms with Gasteiger partial charge < -0.3 is 10.8 Å². The fourth-order valence-corrected chi connectivity index (χ4v) is 0.687. The summed E-state index contributed by atoms with van der Waals surface area (Å²) in [7, 11) is 0. The molecule has 0 unspecified atom stereocenters. The Labute approximate surface area is 78.4 Å². The first-order valence-electron chi connectivity index (χ1n) is 3.69. The Balaban J connectivity index is 4.01. The van der Waals surface area contributed by atoms with Crippen molar-refractivity contribution in [1.29, 1.82) is 0 Å². The van der Waals surface area contributed by atoms with Gasteiger partial charge in [-0.3, -0.25) is 9.59 Å². The molecule has 0 amide bonds. The predicted octanol–water partition coefficient (Wildman–Crippen LogP) is -0.394. The van der Waals surface area contributed by atoms with Gasteiger partial charge in [-0.25, -0.2) is 0 Å². The molecule has 0 aliphatic heterocycles. The fourth-order valence-electron chi connectivity index (χ4n) is 0.687. The maximum absolute atomic E-state index is 10.9. The van der Waals surface area contributed by atoms with Crippen molar-refractivity contribution in [2.24, 2.45) is 16.1 Å². The summed E-state index contributed by atoms with van der Waals surface area (Å²) >= 11 is 0. The van der Waals surface area contributed by atoms with Gasteiger partial charge in [0.1, 0.15) is 6.04 Å². The molecule has 0 aromatic rings. The van der Waals surface area contributed by atoms with Crippen LogP contribution in [-0.4, -0.2) is 29.1 Å². The third-order valence-corrected chi connectivity index (χ3v) is 1.51. The van der Waals surface area contributed by atoms with Gasteiger partial charge in [-0.1, -0.05) is 0 Å². The second-order valence-corrected chi connectivity index (χ2v) is 2.53. The van der Waals surface area contributed by atoms with Crippen molar-refractivity contribution < 1.29 is 14.7 Å². The van der Waals surface area contributed by atoms with Gasteiger partial charge in [0, 0.05) is 6.42 Å². The summed E-state index contributed by atoms with van der Waals surface area (Å²) < 4.78 is 0. The van der Waals surface area contributed by atoms with Crippen LogP contribution in [-0.2, 0) is 9.59 Å². The van der Waals surface area contributed by atoms with E-state index in [9.17, 15) is 19.4 Å². The highest BCUT2D eigenvalue weighted by atomic mass is 16.4. The van der Waals surface area contributed by atoms with Crippen LogP contribution in [0.1, 0.15) is 12.8 Å². The summed E-state index contributed by atoms with van der Waals surface area (Å²) in [5.41, 5.74) is 5.08. The largest absolute Gasteiger partial charge is 0.480 e. The Morgan fingerprint density at radius 1 is 1.29 bits per heavy atom. The number of nitroso groups, excluding NO2 is 2. The molecule has 0 aromatic carbocycles. The van der Waals surface area contributed by atoms with E-state index in [4.69, 9.17) is 10.8 Å².